The van der Waals surface area contributed by atoms with Crippen molar-refractivity contribution in [2.24, 2.45) is 0 Å². The number of amides is 1. The summed E-state index contributed by atoms with van der Waals surface area (Å²) in [6, 6.07) is 5.16. The van der Waals surface area contributed by atoms with Gasteiger partial charge in [-0.3, -0.25) is 4.79 Å². The van der Waals surface area contributed by atoms with E-state index in [1.165, 1.54) is 6.92 Å². The molecule has 114 valence electrons. The first kappa shape index (κ1) is 14.3. The normalized spacial score (nSPS) is 13.7. The van der Waals surface area contributed by atoms with E-state index < -0.39 is 11.7 Å². The molecule has 1 amide bonds. The van der Waals surface area contributed by atoms with Crippen LogP contribution in [0.15, 0.2) is 24.4 Å². The van der Waals surface area contributed by atoms with Crippen molar-refractivity contribution in [2.75, 3.05) is 10.6 Å². The van der Waals surface area contributed by atoms with Gasteiger partial charge in [-0.05, 0) is 30.7 Å². The van der Waals surface area contributed by atoms with Gasteiger partial charge in [0.05, 0.1) is 17.7 Å². The number of nitrogens with zero attached hydrogens (tertiary/aromatic N) is 2. The Hall–Kier alpha value is -2.64. The Labute approximate surface area is 123 Å². The number of halogens is 3. The first-order chi connectivity index (χ1) is 10.3. The van der Waals surface area contributed by atoms with Crippen molar-refractivity contribution < 1.29 is 18.0 Å². The molecular weight excluding hydrogens is 297 g/mol. The predicted molar refractivity (Wildman–Crippen MR) is 73.8 cm³/mol. The fraction of sp³-hybridized carbons (Fsp3) is 0.214. The minimum Gasteiger partial charge on any atom is -0.326 e. The molecule has 0 fully saturated rings. The van der Waals surface area contributed by atoms with Gasteiger partial charge >= 0.3 is 6.18 Å². The third-order valence-corrected chi connectivity index (χ3v) is 3.27. The lowest BCUT2D eigenvalue weighted by Gasteiger charge is -2.11. The highest BCUT2D eigenvalue weighted by Crippen LogP contribution is 2.31. The number of fused-ring (bicyclic) bond motifs is 1. The highest BCUT2D eigenvalue weighted by atomic mass is 19.4. The molecule has 3 rings (SSSR count). The largest absolute Gasteiger partial charge is 0.419 e. The van der Waals surface area contributed by atoms with Gasteiger partial charge in [0.15, 0.2) is 0 Å². The topological polar surface area (TPSA) is 66.9 Å². The van der Waals surface area contributed by atoms with Gasteiger partial charge in [-0.2, -0.15) is 13.2 Å². The van der Waals surface area contributed by atoms with E-state index in [0.717, 1.165) is 17.4 Å². The fourth-order valence-electron chi connectivity index (χ4n) is 2.24. The highest BCUT2D eigenvalue weighted by molar-refractivity contribution is 5.99. The molecule has 1 aromatic heterocycles. The van der Waals surface area contributed by atoms with Crippen molar-refractivity contribution in [2.45, 2.75) is 19.5 Å². The summed E-state index contributed by atoms with van der Waals surface area (Å²) in [5.41, 5.74) is 1.15. The third-order valence-electron chi connectivity index (χ3n) is 3.27. The van der Waals surface area contributed by atoms with Crippen molar-refractivity contribution in [1.29, 1.82) is 0 Å². The molecule has 1 aliphatic rings. The maximum atomic E-state index is 12.7. The summed E-state index contributed by atoms with van der Waals surface area (Å²) >= 11 is 0. The zero-order valence-corrected chi connectivity index (χ0v) is 11.5. The molecule has 0 unspecified atom stereocenters. The van der Waals surface area contributed by atoms with Gasteiger partial charge in [0.2, 0.25) is 11.9 Å². The molecule has 2 N–H and O–H groups in total. The lowest BCUT2D eigenvalue weighted by atomic mass is 10.1. The highest BCUT2D eigenvalue weighted by Gasteiger charge is 2.33. The predicted octanol–water partition coefficient (Wildman–Crippen LogP) is 3.04. The Balaban J connectivity index is 1.84. The second kappa shape index (κ2) is 4.97. The van der Waals surface area contributed by atoms with Crippen LogP contribution in [0.4, 0.5) is 30.5 Å². The van der Waals surface area contributed by atoms with Crippen LogP contribution in [0.5, 0.6) is 0 Å². The van der Waals surface area contributed by atoms with Crippen molar-refractivity contribution >= 4 is 23.2 Å². The number of hydrogen-bond acceptors (Lipinski definition) is 4. The first-order valence-corrected chi connectivity index (χ1v) is 6.43. The molecule has 0 bridgehead atoms. The minimum atomic E-state index is -4.47. The number of aromatic nitrogens is 2. The van der Waals surface area contributed by atoms with Crippen LogP contribution >= 0.6 is 0 Å². The van der Waals surface area contributed by atoms with Gasteiger partial charge < -0.3 is 10.6 Å². The number of carbonyl (C=O) groups is 1. The Morgan fingerprint density at radius 3 is 2.77 bits per heavy atom. The molecule has 5 nitrogen and oxygen atoms in total. The van der Waals surface area contributed by atoms with E-state index in [1.807, 2.05) is 0 Å². The number of nitrogens with one attached hydrogen (secondary N) is 2. The number of rotatable bonds is 2. The maximum Gasteiger partial charge on any atom is 0.419 e. The van der Waals surface area contributed by atoms with E-state index in [1.54, 1.807) is 18.2 Å². The summed E-state index contributed by atoms with van der Waals surface area (Å²) in [6.07, 6.45) is -3.44. The van der Waals surface area contributed by atoms with E-state index in [2.05, 4.69) is 20.6 Å². The molecule has 1 aliphatic heterocycles. The average molecular weight is 308 g/mol. The number of aryl methyl sites for hydroxylation is 1. The van der Waals surface area contributed by atoms with Crippen LogP contribution in [0.25, 0.3) is 0 Å². The summed E-state index contributed by atoms with van der Waals surface area (Å²) in [5.74, 6) is -0.0171. The van der Waals surface area contributed by atoms with Gasteiger partial charge in [-0.25, -0.2) is 9.97 Å². The van der Waals surface area contributed by atoms with Gasteiger partial charge in [0.1, 0.15) is 0 Å². The van der Waals surface area contributed by atoms with E-state index in [4.69, 9.17) is 0 Å². The molecule has 22 heavy (non-hydrogen) atoms. The molecule has 0 aliphatic carbocycles. The van der Waals surface area contributed by atoms with Gasteiger partial charge in [-0.15, -0.1) is 0 Å². The summed E-state index contributed by atoms with van der Waals surface area (Å²) in [7, 11) is 0. The lowest BCUT2D eigenvalue weighted by molar-refractivity contribution is -0.138. The molecule has 0 radical (unpaired) electrons. The molecule has 2 heterocycles. The summed E-state index contributed by atoms with van der Waals surface area (Å²) < 4.78 is 38.0. The Kier molecular flexibility index (Phi) is 3.23. The molecular formula is C14H11F3N4O. The van der Waals surface area contributed by atoms with Crippen LogP contribution in [0.1, 0.15) is 16.8 Å². The van der Waals surface area contributed by atoms with Gasteiger partial charge in [-0.1, -0.05) is 0 Å². The SMILES string of the molecule is Cc1nc(Nc2ccc3c(c2)CC(=O)N3)ncc1C(F)(F)F. The molecule has 1 aromatic carbocycles. The monoisotopic (exact) mass is 308 g/mol. The van der Waals surface area contributed by atoms with Crippen LogP contribution in [-0.4, -0.2) is 15.9 Å². The van der Waals surface area contributed by atoms with Crippen LogP contribution in [0.3, 0.4) is 0 Å². The molecule has 0 saturated carbocycles. The quantitative estimate of drug-likeness (QED) is 0.895. The number of hydrogen-bond donors (Lipinski definition) is 2. The lowest BCUT2D eigenvalue weighted by Crippen LogP contribution is -2.11. The van der Waals surface area contributed by atoms with Crippen LogP contribution in [-0.2, 0) is 17.4 Å². The average Bonchev–Trinajstić information content (AvgIpc) is 2.76. The molecule has 0 spiro atoms. The van der Waals surface area contributed by atoms with Crippen LogP contribution in [0, 0.1) is 6.92 Å². The van der Waals surface area contributed by atoms with Crippen LogP contribution in [0.2, 0.25) is 0 Å². The zero-order chi connectivity index (χ0) is 15.9. The molecule has 2 aromatic rings. The van der Waals surface area contributed by atoms with Gasteiger partial charge in [0.25, 0.3) is 0 Å². The summed E-state index contributed by atoms with van der Waals surface area (Å²) in [6.45, 7) is 1.28. The number of anilines is 3. The Bertz CT molecular complexity index is 758. The summed E-state index contributed by atoms with van der Waals surface area (Å²) in [5, 5.41) is 5.54. The molecule has 0 atom stereocenters. The first-order valence-electron chi connectivity index (χ1n) is 6.43. The van der Waals surface area contributed by atoms with Crippen LogP contribution < -0.4 is 10.6 Å². The van der Waals surface area contributed by atoms with Crippen molar-refractivity contribution in [3.63, 3.8) is 0 Å². The fourth-order valence-corrected chi connectivity index (χ4v) is 2.24. The smallest absolute Gasteiger partial charge is 0.326 e. The third kappa shape index (κ3) is 2.72. The number of carbonyl (C=O) groups excluding carboxylic acids is 1. The number of benzene rings is 1. The maximum absolute atomic E-state index is 12.7. The van der Waals surface area contributed by atoms with Crippen molar-refractivity contribution in [1.82, 2.24) is 9.97 Å². The zero-order valence-electron chi connectivity index (χ0n) is 11.5. The molecule has 8 heteroatoms. The van der Waals surface area contributed by atoms with E-state index in [0.29, 0.717) is 5.69 Å². The second-order valence-corrected chi connectivity index (χ2v) is 4.91. The number of alkyl halides is 3. The van der Waals surface area contributed by atoms with E-state index in [9.17, 15) is 18.0 Å². The minimum absolute atomic E-state index is 0.0720. The van der Waals surface area contributed by atoms with Gasteiger partial charge in [0, 0.05) is 17.6 Å². The molecule has 0 saturated heterocycles. The standard InChI is InChI=1S/C14H11F3N4O/c1-7-10(14(15,16)17)6-18-13(19-7)20-9-2-3-11-8(4-9)5-12(22)21-11/h2-4,6H,5H2,1H3,(H,21,22)(H,18,19,20). The van der Waals surface area contributed by atoms with E-state index in [-0.39, 0.29) is 24.0 Å². The Morgan fingerprint density at radius 1 is 1.32 bits per heavy atom. The van der Waals surface area contributed by atoms with Crippen molar-refractivity contribution in [3.8, 4) is 0 Å². The Morgan fingerprint density at radius 2 is 2.09 bits per heavy atom. The summed E-state index contributed by atoms with van der Waals surface area (Å²) in [4.78, 5) is 18.8. The van der Waals surface area contributed by atoms with Crippen molar-refractivity contribution in [3.05, 3.63) is 41.2 Å². The second-order valence-electron chi connectivity index (χ2n) is 4.91. The van der Waals surface area contributed by atoms with E-state index >= 15 is 0 Å².